The van der Waals surface area contributed by atoms with Crippen LogP contribution in [0.3, 0.4) is 0 Å². The maximum absolute atomic E-state index is 13.1. The molecule has 0 bridgehead atoms. The number of nitrogens with zero attached hydrogens (tertiary/aromatic N) is 3. The second-order valence-corrected chi connectivity index (χ2v) is 7.19. The van der Waals surface area contributed by atoms with Crippen molar-refractivity contribution in [3.05, 3.63) is 48.3 Å². The molecule has 0 atom stereocenters. The molecule has 1 saturated heterocycles. The Kier molecular flexibility index (Phi) is 5.55. The van der Waals surface area contributed by atoms with Gasteiger partial charge in [-0.2, -0.15) is 0 Å². The first-order valence-electron chi connectivity index (χ1n) is 10.1. The summed E-state index contributed by atoms with van der Waals surface area (Å²) in [6.45, 7) is 5.91. The van der Waals surface area contributed by atoms with Crippen molar-refractivity contribution in [2.24, 2.45) is 0 Å². The summed E-state index contributed by atoms with van der Waals surface area (Å²) in [5, 5.41) is 4.34. The van der Waals surface area contributed by atoms with Crippen LogP contribution in [0.1, 0.15) is 23.7 Å². The Balaban J connectivity index is 1.47. The number of nitrogens with one attached hydrogen (secondary N) is 2. The number of hydrogen-bond donors (Lipinski definition) is 2. The van der Waals surface area contributed by atoms with Crippen LogP contribution in [-0.4, -0.2) is 60.6 Å². The zero-order valence-electron chi connectivity index (χ0n) is 16.9. The van der Waals surface area contributed by atoms with Crippen molar-refractivity contribution in [2.75, 3.05) is 50.1 Å². The van der Waals surface area contributed by atoms with Crippen molar-refractivity contribution in [1.29, 1.82) is 0 Å². The maximum Gasteiger partial charge on any atom is 0.256 e. The number of aromatic amines is 1. The summed E-state index contributed by atoms with van der Waals surface area (Å²) in [5.41, 5.74) is 2.68. The Bertz CT molecular complexity index is 992. The molecule has 0 radical (unpaired) electrons. The van der Waals surface area contributed by atoms with Gasteiger partial charge in [-0.1, -0.05) is 6.92 Å². The Morgan fingerprint density at radius 2 is 2.07 bits per heavy atom. The van der Waals surface area contributed by atoms with Crippen molar-refractivity contribution in [1.82, 2.24) is 14.9 Å². The normalized spacial score (nSPS) is 14.3. The van der Waals surface area contributed by atoms with Gasteiger partial charge in [0.15, 0.2) is 5.82 Å². The number of pyridine rings is 1. The minimum absolute atomic E-state index is 0.0505. The van der Waals surface area contributed by atoms with Gasteiger partial charge in [-0.05, 0) is 36.8 Å². The minimum Gasteiger partial charge on any atom is -0.497 e. The van der Waals surface area contributed by atoms with Gasteiger partial charge in [-0.3, -0.25) is 4.79 Å². The largest absolute Gasteiger partial charge is 0.497 e. The molecule has 2 N–H and O–H groups in total. The Morgan fingerprint density at radius 3 is 2.83 bits per heavy atom. The van der Waals surface area contributed by atoms with Crippen molar-refractivity contribution in [3.8, 4) is 5.75 Å². The predicted molar refractivity (Wildman–Crippen MR) is 116 cm³/mol. The van der Waals surface area contributed by atoms with E-state index in [0.29, 0.717) is 18.7 Å². The average molecular weight is 393 g/mol. The molecule has 2 aromatic heterocycles. The highest BCUT2D eigenvalue weighted by atomic mass is 16.5. The summed E-state index contributed by atoms with van der Waals surface area (Å²) in [4.78, 5) is 25.1. The Hall–Kier alpha value is -3.22. The smallest absolute Gasteiger partial charge is 0.256 e. The van der Waals surface area contributed by atoms with Crippen molar-refractivity contribution in [3.63, 3.8) is 0 Å². The zero-order valence-corrected chi connectivity index (χ0v) is 16.9. The molecule has 1 aliphatic rings. The van der Waals surface area contributed by atoms with Crippen LogP contribution >= 0.6 is 0 Å². The number of benzene rings is 1. The number of fused-ring (bicyclic) bond motifs is 1. The number of aromatic nitrogens is 2. The first-order chi connectivity index (χ1) is 14.2. The monoisotopic (exact) mass is 393 g/mol. The molecule has 1 fully saturated rings. The van der Waals surface area contributed by atoms with E-state index in [1.54, 1.807) is 13.3 Å². The third-order valence-electron chi connectivity index (χ3n) is 5.34. The minimum atomic E-state index is 0.0505. The summed E-state index contributed by atoms with van der Waals surface area (Å²) >= 11 is 0. The van der Waals surface area contributed by atoms with Crippen molar-refractivity contribution < 1.29 is 9.53 Å². The molecule has 0 aliphatic carbocycles. The molecule has 1 aliphatic heterocycles. The second kappa shape index (κ2) is 8.43. The summed E-state index contributed by atoms with van der Waals surface area (Å²) in [6, 6.07) is 9.76. The lowest BCUT2D eigenvalue weighted by molar-refractivity contribution is 0.0748. The number of anilines is 2. The lowest BCUT2D eigenvalue weighted by Gasteiger charge is -2.36. The van der Waals surface area contributed by atoms with Gasteiger partial charge in [0.1, 0.15) is 5.75 Å². The first-order valence-corrected chi connectivity index (χ1v) is 10.1. The lowest BCUT2D eigenvalue weighted by Crippen LogP contribution is -2.49. The van der Waals surface area contributed by atoms with Gasteiger partial charge in [-0.15, -0.1) is 0 Å². The number of carbonyl (C=O) groups is 1. The van der Waals surface area contributed by atoms with Crippen LogP contribution in [0.25, 0.3) is 10.9 Å². The van der Waals surface area contributed by atoms with E-state index in [4.69, 9.17) is 4.74 Å². The van der Waals surface area contributed by atoms with Gasteiger partial charge in [0.05, 0.1) is 18.4 Å². The number of rotatable bonds is 6. The van der Waals surface area contributed by atoms with Gasteiger partial charge in [0.2, 0.25) is 0 Å². The third-order valence-corrected chi connectivity index (χ3v) is 5.34. The molecular formula is C22H27N5O2. The van der Waals surface area contributed by atoms with Crippen LogP contribution in [0.5, 0.6) is 5.75 Å². The molecule has 0 saturated carbocycles. The topological polar surface area (TPSA) is 73.5 Å². The van der Waals surface area contributed by atoms with E-state index < -0.39 is 0 Å². The van der Waals surface area contributed by atoms with Gasteiger partial charge in [0, 0.05) is 56.0 Å². The summed E-state index contributed by atoms with van der Waals surface area (Å²) in [6.07, 6.45) is 4.68. The summed E-state index contributed by atoms with van der Waals surface area (Å²) < 4.78 is 5.32. The molecule has 3 heterocycles. The molecule has 7 nitrogen and oxygen atoms in total. The zero-order chi connectivity index (χ0) is 20.2. The molecule has 4 rings (SSSR count). The second-order valence-electron chi connectivity index (χ2n) is 7.19. The van der Waals surface area contributed by atoms with Crippen LogP contribution < -0.4 is 15.0 Å². The lowest BCUT2D eigenvalue weighted by atomic mass is 10.1. The van der Waals surface area contributed by atoms with Crippen molar-refractivity contribution >= 4 is 28.3 Å². The Morgan fingerprint density at radius 1 is 1.24 bits per heavy atom. The van der Waals surface area contributed by atoms with Crippen LogP contribution in [0.15, 0.2) is 42.7 Å². The fourth-order valence-electron chi connectivity index (χ4n) is 3.74. The highest BCUT2D eigenvalue weighted by Crippen LogP contribution is 2.27. The van der Waals surface area contributed by atoms with E-state index in [1.807, 2.05) is 35.4 Å². The standard InChI is InChI=1S/C22H27N5O2/c1-3-8-23-20-5-4-9-24-21(20)26-10-12-27(13-11-26)22(28)18-15-25-19-7-6-16(29-2)14-17(18)19/h4-7,9,14-15,23,25H,3,8,10-13H2,1-2H3. The molecule has 1 amide bonds. The van der Waals surface area contributed by atoms with Crippen LogP contribution in [0.2, 0.25) is 0 Å². The maximum atomic E-state index is 13.1. The van der Waals surface area contributed by atoms with Crippen LogP contribution in [0.4, 0.5) is 11.5 Å². The molecule has 29 heavy (non-hydrogen) atoms. The fraction of sp³-hybridized carbons (Fsp3) is 0.364. The van der Waals surface area contributed by atoms with Crippen LogP contribution in [-0.2, 0) is 0 Å². The Labute approximate surface area is 170 Å². The van der Waals surface area contributed by atoms with Crippen LogP contribution in [0, 0.1) is 0 Å². The third kappa shape index (κ3) is 3.85. The van der Waals surface area contributed by atoms with Gasteiger partial charge in [0.25, 0.3) is 5.91 Å². The number of ether oxygens (including phenoxy) is 1. The molecule has 7 heteroatoms. The molecule has 3 aromatic rings. The van der Waals surface area contributed by atoms with E-state index in [2.05, 4.69) is 33.2 Å². The van der Waals surface area contributed by atoms with E-state index in [0.717, 1.165) is 54.2 Å². The quantitative estimate of drug-likeness (QED) is 0.672. The van der Waals surface area contributed by atoms with Gasteiger partial charge in [-0.25, -0.2) is 4.98 Å². The molecule has 1 aromatic carbocycles. The number of amides is 1. The van der Waals surface area contributed by atoms with Gasteiger partial charge < -0.3 is 24.8 Å². The molecule has 0 unspecified atom stereocenters. The van der Waals surface area contributed by atoms with E-state index in [-0.39, 0.29) is 5.91 Å². The number of methoxy groups -OCH3 is 1. The number of piperazine rings is 1. The highest BCUT2D eigenvalue weighted by Gasteiger charge is 2.25. The number of carbonyl (C=O) groups excluding carboxylic acids is 1. The average Bonchev–Trinajstić information content (AvgIpc) is 3.20. The molecule has 152 valence electrons. The number of H-pyrrole nitrogens is 1. The predicted octanol–water partition coefficient (Wildman–Crippen LogP) is 3.36. The molecular weight excluding hydrogens is 366 g/mol. The van der Waals surface area contributed by atoms with Gasteiger partial charge >= 0.3 is 0 Å². The number of hydrogen-bond acceptors (Lipinski definition) is 5. The first kappa shape index (κ1) is 19.1. The summed E-state index contributed by atoms with van der Waals surface area (Å²) in [5.74, 6) is 1.76. The van der Waals surface area contributed by atoms with E-state index in [9.17, 15) is 4.79 Å². The SMILES string of the molecule is CCCNc1cccnc1N1CCN(C(=O)c2c[nH]c3ccc(OC)cc23)CC1. The van der Waals surface area contributed by atoms with E-state index in [1.165, 1.54) is 0 Å². The van der Waals surface area contributed by atoms with Crippen molar-refractivity contribution in [2.45, 2.75) is 13.3 Å². The summed E-state index contributed by atoms with van der Waals surface area (Å²) in [7, 11) is 1.63. The fourth-order valence-corrected chi connectivity index (χ4v) is 3.74. The molecule has 0 spiro atoms. The van der Waals surface area contributed by atoms with E-state index >= 15 is 0 Å². The highest BCUT2D eigenvalue weighted by molar-refractivity contribution is 6.07.